The Hall–Kier alpha value is -1.93. The molecule has 7 nitrogen and oxygen atoms in total. The van der Waals surface area contributed by atoms with Gasteiger partial charge in [0.05, 0.1) is 28.2 Å². The van der Waals surface area contributed by atoms with E-state index in [9.17, 15) is 8.42 Å². The number of nitrogens with zero attached hydrogens (tertiary/aromatic N) is 3. The first-order chi connectivity index (χ1) is 13.0. The maximum Gasteiger partial charge on any atom is 0.214 e. The zero-order valence-corrected chi connectivity index (χ0v) is 16.5. The fraction of sp³-hybridized carbons (Fsp3) is 0.579. The monoisotopic (exact) mass is 387 g/mol. The average Bonchev–Trinajstić information content (AvgIpc) is 3.14. The van der Waals surface area contributed by atoms with E-state index in [1.807, 2.05) is 25.4 Å². The molecule has 27 heavy (non-hydrogen) atoms. The first-order valence-corrected chi connectivity index (χ1v) is 11.3. The number of aryl methyl sites for hydroxylation is 1. The second-order valence-corrected chi connectivity index (χ2v) is 10.0. The lowest BCUT2D eigenvalue weighted by atomic mass is 9.93. The Morgan fingerprint density at radius 1 is 1.30 bits per heavy atom. The molecule has 3 aromatic rings. The molecule has 0 amide bonds. The summed E-state index contributed by atoms with van der Waals surface area (Å²) < 4.78 is 30.0. The third kappa shape index (κ3) is 2.77. The minimum atomic E-state index is -3.16. The van der Waals surface area contributed by atoms with Gasteiger partial charge in [0.1, 0.15) is 5.82 Å². The van der Waals surface area contributed by atoms with Crippen LogP contribution in [0.3, 0.4) is 0 Å². The summed E-state index contributed by atoms with van der Waals surface area (Å²) in [7, 11) is -3.16. The molecule has 5 rings (SSSR count). The first-order valence-electron chi connectivity index (χ1n) is 9.80. The van der Waals surface area contributed by atoms with E-state index in [1.54, 1.807) is 0 Å². The topological polar surface area (TPSA) is 92.2 Å². The van der Waals surface area contributed by atoms with Gasteiger partial charge in [0, 0.05) is 18.2 Å². The number of nitrogens with one attached hydrogen (secondary N) is 2. The third-order valence-electron chi connectivity index (χ3n) is 6.23. The second-order valence-electron chi connectivity index (χ2n) is 8.05. The molecular formula is C19H25N5O2S. The van der Waals surface area contributed by atoms with Crippen LogP contribution in [0.25, 0.3) is 16.7 Å². The van der Waals surface area contributed by atoms with Crippen LogP contribution in [0.15, 0.2) is 18.5 Å². The highest BCUT2D eigenvalue weighted by Gasteiger charge is 2.42. The quantitative estimate of drug-likeness (QED) is 0.704. The van der Waals surface area contributed by atoms with Gasteiger partial charge in [0.15, 0.2) is 5.65 Å². The molecule has 0 aliphatic heterocycles. The van der Waals surface area contributed by atoms with Gasteiger partial charge in [-0.3, -0.25) is 4.40 Å². The predicted molar refractivity (Wildman–Crippen MR) is 104 cm³/mol. The molecule has 144 valence electrons. The minimum Gasteiger partial charge on any atom is -0.345 e. The highest BCUT2D eigenvalue weighted by Crippen LogP contribution is 2.43. The van der Waals surface area contributed by atoms with Gasteiger partial charge >= 0.3 is 0 Å². The van der Waals surface area contributed by atoms with Crippen molar-refractivity contribution in [3.05, 3.63) is 30.0 Å². The summed E-state index contributed by atoms with van der Waals surface area (Å²) >= 11 is 0. The zero-order chi connectivity index (χ0) is 18.8. The van der Waals surface area contributed by atoms with Crippen LogP contribution in [0.2, 0.25) is 0 Å². The van der Waals surface area contributed by atoms with Crippen molar-refractivity contribution in [3.8, 4) is 0 Å². The molecule has 3 aromatic heterocycles. The van der Waals surface area contributed by atoms with Crippen molar-refractivity contribution < 1.29 is 8.42 Å². The Morgan fingerprint density at radius 3 is 2.85 bits per heavy atom. The van der Waals surface area contributed by atoms with Gasteiger partial charge in [-0.2, -0.15) is 0 Å². The Bertz CT molecular complexity index is 1110. The Morgan fingerprint density at radius 2 is 2.11 bits per heavy atom. The van der Waals surface area contributed by atoms with Gasteiger partial charge in [-0.05, 0) is 44.6 Å². The summed E-state index contributed by atoms with van der Waals surface area (Å²) in [6.07, 6.45) is 8.06. The predicted octanol–water partition coefficient (Wildman–Crippen LogP) is 2.87. The number of aromatic nitrogens is 4. The van der Waals surface area contributed by atoms with Crippen LogP contribution in [0, 0.1) is 12.8 Å². The molecule has 3 heterocycles. The molecule has 8 heteroatoms. The van der Waals surface area contributed by atoms with Gasteiger partial charge in [-0.1, -0.05) is 13.3 Å². The SMILES string of the molecule is CCC1CC(NS(=O)(=O)C2CC2)CC1c1nc(C)c2cnc3[nH]ccc3n12. The molecule has 0 saturated heterocycles. The maximum absolute atomic E-state index is 12.4. The molecule has 2 aliphatic carbocycles. The van der Waals surface area contributed by atoms with Crippen LogP contribution in [-0.4, -0.2) is 39.1 Å². The number of rotatable bonds is 5. The van der Waals surface area contributed by atoms with Gasteiger partial charge in [0.2, 0.25) is 10.0 Å². The van der Waals surface area contributed by atoms with Crippen LogP contribution in [0.1, 0.15) is 56.5 Å². The van der Waals surface area contributed by atoms with E-state index in [4.69, 9.17) is 4.98 Å². The fourth-order valence-electron chi connectivity index (χ4n) is 4.67. The van der Waals surface area contributed by atoms with Crippen molar-refractivity contribution in [2.45, 2.75) is 63.2 Å². The maximum atomic E-state index is 12.4. The molecule has 2 aliphatic rings. The first kappa shape index (κ1) is 17.2. The number of sulfonamides is 1. The van der Waals surface area contributed by atoms with Gasteiger partial charge < -0.3 is 4.98 Å². The van der Waals surface area contributed by atoms with E-state index < -0.39 is 10.0 Å². The van der Waals surface area contributed by atoms with Crippen molar-refractivity contribution in [2.24, 2.45) is 5.92 Å². The number of H-pyrrole nitrogens is 1. The Balaban J connectivity index is 1.54. The smallest absolute Gasteiger partial charge is 0.214 e. The number of fused-ring (bicyclic) bond motifs is 3. The third-order valence-corrected chi connectivity index (χ3v) is 8.24. The van der Waals surface area contributed by atoms with Crippen molar-refractivity contribution in [2.75, 3.05) is 0 Å². The fourth-order valence-corrected chi connectivity index (χ4v) is 6.28. The van der Waals surface area contributed by atoms with Crippen LogP contribution in [-0.2, 0) is 10.0 Å². The summed E-state index contributed by atoms with van der Waals surface area (Å²) in [6, 6.07) is 2.03. The number of hydrogen-bond acceptors (Lipinski definition) is 4. The number of aromatic amines is 1. The largest absolute Gasteiger partial charge is 0.345 e. The molecule has 2 N–H and O–H groups in total. The van der Waals surface area contributed by atoms with Crippen LogP contribution in [0.5, 0.6) is 0 Å². The van der Waals surface area contributed by atoms with Gasteiger partial charge in [-0.25, -0.2) is 23.1 Å². The Kier molecular flexibility index (Phi) is 3.84. The van der Waals surface area contributed by atoms with E-state index in [-0.39, 0.29) is 17.2 Å². The second kappa shape index (κ2) is 6.04. The summed E-state index contributed by atoms with van der Waals surface area (Å²) in [5.41, 5.74) is 3.87. The van der Waals surface area contributed by atoms with E-state index in [2.05, 4.69) is 26.0 Å². The van der Waals surface area contributed by atoms with Crippen molar-refractivity contribution in [3.63, 3.8) is 0 Å². The lowest BCUT2D eigenvalue weighted by Crippen LogP contribution is -2.35. The lowest BCUT2D eigenvalue weighted by Gasteiger charge is -2.17. The summed E-state index contributed by atoms with van der Waals surface area (Å²) in [5, 5.41) is -0.170. The van der Waals surface area contributed by atoms with Crippen LogP contribution < -0.4 is 4.72 Å². The van der Waals surface area contributed by atoms with Gasteiger partial charge in [0.25, 0.3) is 0 Å². The Labute approximate surface area is 158 Å². The normalized spacial score (nSPS) is 26.4. The standard InChI is InChI=1S/C19H25N5O2S/c1-3-12-8-13(23-27(25,26)14-4-5-14)9-15(12)19-22-11(2)17-10-21-18-16(24(17)19)6-7-20-18/h6-7,10,12-15,20,23H,3-5,8-9H2,1-2H3. The lowest BCUT2D eigenvalue weighted by molar-refractivity contribution is 0.450. The number of imidazole rings is 1. The summed E-state index contributed by atoms with van der Waals surface area (Å²) in [5.74, 6) is 1.70. The zero-order valence-electron chi connectivity index (χ0n) is 15.6. The molecule has 2 fully saturated rings. The molecule has 3 unspecified atom stereocenters. The van der Waals surface area contributed by atoms with E-state index in [0.717, 1.165) is 60.3 Å². The van der Waals surface area contributed by atoms with Crippen LogP contribution >= 0.6 is 0 Å². The highest BCUT2D eigenvalue weighted by atomic mass is 32.2. The van der Waals surface area contributed by atoms with E-state index >= 15 is 0 Å². The molecule has 3 atom stereocenters. The molecule has 0 aromatic carbocycles. The minimum absolute atomic E-state index is 0.00163. The van der Waals surface area contributed by atoms with Crippen molar-refractivity contribution in [1.82, 2.24) is 24.1 Å². The molecular weight excluding hydrogens is 362 g/mol. The van der Waals surface area contributed by atoms with Gasteiger partial charge in [-0.15, -0.1) is 0 Å². The van der Waals surface area contributed by atoms with E-state index in [0.29, 0.717) is 5.92 Å². The molecule has 2 saturated carbocycles. The summed E-state index contributed by atoms with van der Waals surface area (Å²) in [6.45, 7) is 4.20. The average molecular weight is 388 g/mol. The molecule has 0 bridgehead atoms. The summed E-state index contributed by atoms with van der Waals surface area (Å²) in [4.78, 5) is 12.6. The molecule has 0 spiro atoms. The molecule has 0 radical (unpaired) electrons. The number of hydrogen-bond donors (Lipinski definition) is 2. The van der Waals surface area contributed by atoms with Crippen molar-refractivity contribution >= 4 is 26.7 Å². The highest BCUT2D eigenvalue weighted by molar-refractivity contribution is 7.90. The van der Waals surface area contributed by atoms with E-state index in [1.165, 1.54) is 0 Å². The van der Waals surface area contributed by atoms with Crippen LogP contribution in [0.4, 0.5) is 0 Å². The van der Waals surface area contributed by atoms with Crippen molar-refractivity contribution in [1.29, 1.82) is 0 Å².